The molecule has 1 aromatic carbocycles. The molecule has 0 aromatic heterocycles. The summed E-state index contributed by atoms with van der Waals surface area (Å²) in [4.78, 5) is 13.2. The van der Waals surface area contributed by atoms with Crippen molar-refractivity contribution in [2.24, 2.45) is 0 Å². The quantitative estimate of drug-likeness (QED) is 0.789. The predicted molar refractivity (Wildman–Crippen MR) is 65.9 cm³/mol. The van der Waals surface area contributed by atoms with Crippen LogP contribution in [0.1, 0.15) is 30.1 Å². The minimum absolute atomic E-state index is 0.0575. The Morgan fingerprint density at radius 2 is 1.90 bits per heavy atom. The van der Waals surface area contributed by atoms with E-state index < -0.39 is 34.7 Å². The lowest BCUT2D eigenvalue weighted by atomic mass is 10.1. The highest BCUT2D eigenvalue weighted by molar-refractivity contribution is 5.95. The maximum atomic E-state index is 13.6. The summed E-state index contributed by atoms with van der Waals surface area (Å²) in [5.74, 6) is -7.17. The van der Waals surface area contributed by atoms with Gasteiger partial charge in [0.15, 0.2) is 17.4 Å². The summed E-state index contributed by atoms with van der Waals surface area (Å²) < 4.78 is 39.8. The van der Waals surface area contributed by atoms with Crippen molar-refractivity contribution < 1.29 is 28.2 Å². The SMILES string of the molecule is CCCCN(CCO)C(=O)c1cc(F)c(F)c(O)c1F. The smallest absolute Gasteiger partial charge is 0.257 e. The number of hydrogen-bond donors (Lipinski definition) is 2. The molecule has 0 spiro atoms. The van der Waals surface area contributed by atoms with Crippen molar-refractivity contribution in [2.75, 3.05) is 19.7 Å². The van der Waals surface area contributed by atoms with Crippen molar-refractivity contribution in [2.45, 2.75) is 19.8 Å². The number of phenolic OH excluding ortho intramolecular Hbond substituents is 1. The second-order valence-corrected chi connectivity index (χ2v) is 4.25. The maximum absolute atomic E-state index is 13.6. The topological polar surface area (TPSA) is 60.8 Å². The van der Waals surface area contributed by atoms with Crippen LogP contribution >= 0.6 is 0 Å². The molecule has 0 saturated carbocycles. The summed E-state index contributed by atoms with van der Waals surface area (Å²) in [7, 11) is 0. The summed E-state index contributed by atoms with van der Waals surface area (Å²) in [6.45, 7) is 1.73. The van der Waals surface area contributed by atoms with Crippen LogP contribution in [0.25, 0.3) is 0 Å². The summed E-state index contributed by atoms with van der Waals surface area (Å²) in [5.41, 5.74) is -0.758. The zero-order valence-corrected chi connectivity index (χ0v) is 11.0. The van der Waals surface area contributed by atoms with Crippen molar-refractivity contribution in [3.63, 3.8) is 0 Å². The first-order valence-electron chi connectivity index (χ1n) is 6.20. The van der Waals surface area contributed by atoms with E-state index in [1.165, 1.54) is 0 Å². The average Bonchev–Trinajstić information content (AvgIpc) is 2.44. The number of amides is 1. The fourth-order valence-electron chi connectivity index (χ4n) is 1.70. The number of halogens is 3. The fourth-order valence-corrected chi connectivity index (χ4v) is 1.70. The lowest BCUT2D eigenvalue weighted by molar-refractivity contribution is 0.0713. The van der Waals surface area contributed by atoms with Gasteiger partial charge in [-0.1, -0.05) is 13.3 Å². The van der Waals surface area contributed by atoms with Gasteiger partial charge in [-0.25, -0.2) is 8.78 Å². The molecule has 0 fully saturated rings. The number of aliphatic hydroxyl groups excluding tert-OH is 1. The molecule has 0 radical (unpaired) electrons. The fraction of sp³-hybridized carbons (Fsp3) is 0.462. The second kappa shape index (κ2) is 7.14. The summed E-state index contributed by atoms with van der Waals surface area (Å²) in [5, 5.41) is 18.0. The van der Waals surface area contributed by atoms with E-state index in [2.05, 4.69) is 0 Å². The van der Waals surface area contributed by atoms with Crippen LogP contribution in [-0.2, 0) is 0 Å². The Hall–Kier alpha value is -1.76. The normalized spacial score (nSPS) is 10.7. The largest absolute Gasteiger partial charge is 0.503 e. The Labute approximate surface area is 114 Å². The van der Waals surface area contributed by atoms with Crippen LogP contribution in [-0.4, -0.2) is 40.7 Å². The molecule has 1 rings (SSSR count). The molecule has 0 aliphatic heterocycles. The zero-order valence-electron chi connectivity index (χ0n) is 11.0. The second-order valence-electron chi connectivity index (χ2n) is 4.25. The van der Waals surface area contributed by atoms with E-state index in [4.69, 9.17) is 10.2 Å². The number of carbonyl (C=O) groups excluding carboxylic acids is 1. The van der Waals surface area contributed by atoms with Gasteiger partial charge in [-0.3, -0.25) is 4.79 Å². The van der Waals surface area contributed by atoms with Gasteiger partial charge in [0, 0.05) is 13.1 Å². The molecular formula is C13H16F3NO3. The number of carbonyl (C=O) groups is 1. The Morgan fingerprint density at radius 3 is 2.45 bits per heavy atom. The van der Waals surface area contributed by atoms with Gasteiger partial charge in [0.2, 0.25) is 5.82 Å². The molecule has 7 heteroatoms. The Morgan fingerprint density at radius 1 is 1.25 bits per heavy atom. The van der Waals surface area contributed by atoms with E-state index in [1.807, 2.05) is 6.92 Å². The van der Waals surface area contributed by atoms with Crippen LogP contribution in [0.3, 0.4) is 0 Å². The van der Waals surface area contributed by atoms with E-state index in [1.54, 1.807) is 0 Å². The first-order valence-corrected chi connectivity index (χ1v) is 6.20. The van der Waals surface area contributed by atoms with Gasteiger partial charge in [0.05, 0.1) is 12.2 Å². The van der Waals surface area contributed by atoms with Crippen LogP contribution in [0, 0.1) is 17.5 Å². The third-order valence-corrected chi connectivity index (χ3v) is 2.80. The van der Waals surface area contributed by atoms with Gasteiger partial charge >= 0.3 is 0 Å². The zero-order chi connectivity index (χ0) is 15.3. The molecule has 112 valence electrons. The number of phenols is 1. The van der Waals surface area contributed by atoms with Crippen LogP contribution in [0.4, 0.5) is 13.2 Å². The molecule has 20 heavy (non-hydrogen) atoms. The number of hydrogen-bond acceptors (Lipinski definition) is 3. The molecule has 4 nitrogen and oxygen atoms in total. The molecule has 1 amide bonds. The van der Waals surface area contributed by atoms with Crippen molar-refractivity contribution >= 4 is 5.91 Å². The number of aromatic hydroxyl groups is 1. The first-order chi connectivity index (χ1) is 9.43. The average molecular weight is 291 g/mol. The number of unbranched alkanes of at least 4 members (excludes halogenated alkanes) is 1. The summed E-state index contributed by atoms with van der Waals surface area (Å²) in [6.07, 6.45) is 1.38. The van der Waals surface area contributed by atoms with Gasteiger partial charge in [-0.15, -0.1) is 0 Å². The van der Waals surface area contributed by atoms with Gasteiger partial charge in [0.1, 0.15) is 0 Å². The highest BCUT2D eigenvalue weighted by Crippen LogP contribution is 2.26. The third kappa shape index (κ3) is 3.41. The van der Waals surface area contributed by atoms with E-state index in [-0.39, 0.29) is 19.7 Å². The van der Waals surface area contributed by atoms with Crippen LogP contribution < -0.4 is 0 Å². The molecule has 1 aromatic rings. The van der Waals surface area contributed by atoms with Crippen LogP contribution in [0.2, 0.25) is 0 Å². The van der Waals surface area contributed by atoms with E-state index >= 15 is 0 Å². The molecule has 0 atom stereocenters. The number of aliphatic hydroxyl groups is 1. The van der Waals surface area contributed by atoms with Gasteiger partial charge in [0.25, 0.3) is 5.91 Å². The highest BCUT2D eigenvalue weighted by atomic mass is 19.2. The summed E-state index contributed by atoms with van der Waals surface area (Å²) in [6, 6.07) is 0.406. The first kappa shape index (κ1) is 16.3. The molecule has 0 aliphatic carbocycles. The van der Waals surface area contributed by atoms with Gasteiger partial charge in [-0.05, 0) is 12.5 Å². The van der Waals surface area contributed by atoms with Crippen molar-refractivity contribution in [1.82, 2.24) is 4.90 Å². The summed E-state index contributed by atoms with van der Waals surface area (Å²) >= 11 is 0. The Balaban J connectivity index is 3.11. The number of rotatable bonds is 6. The van der Waals surface area contributed by atoms with Gasteiger partial charge < -0.3 is 15.1 Å². The van der Waals surface area contributed by atoms with E-state index in [0.29, 0.717) is 12.5 Å². The van der Waals surface area contributed by atoms with Crippen LogP contribution in [0.5, 0.6) is 5.75 Å². The lowest BCUT2D eigenvalue weighted by Crippen LogP contribution is -2.35. The molecule has 0 bridgehead atoms. The van der Waals surface area contributed by atoms with Crippen molar-refractivity contribution in [3.05, 3.63) is 29.1 Å². The molecular weight excluding hydrogens is 275 g/mol. The van der Waals surface area contributed by atoms with Crippen molar-refractivity contribution in [3.8, 4) is 5.75 Å². The Kier molecular flexibility index (Phi) is 5.82. The molecule has 2 N–H and O–H groups in total. The molecule has 0 saturated heterocycles. The minimum Gasteiger partial charge on any atom is -0.503 e. The lowest BCUT2D eigenvalue weighted by Gasteiger charge is -2.22. The third-order valence-electron chi connectivity index (χ3n) is 2.80. The van der Waals surface area contributed by atoms with E-state index in [9.17, 15) is 18.0 Å². The molecule has 0 aliphatic rings. The predicted octanol–water partition coefficient (Wildman–Crippen LogP) is 2.04. The molecule has 0 unspecified atom stereocenters. The van der Waals surface area contributed by atoms with Crippen molar-refractivity contribution in [1.29, 1.82) is 0 Å². The number of benzene rings is 1. The van der Waals surface area contributed by atoms with Crippen LogP contribution in [0.15, 0.2) is 6.07 Å². The highest BCUT2D eigenvalue weighted by Gasteiger charge is 2.25. The number of nitrogens with zero attached hydrogens (tertiary/aromatic N) is 1. The monoisotopic (exact) mass is 291 g/mol. The minimum atomic E-state index is -1.73. The van der Waals surface area contributed by atoms with E-state index in [0.717, 1.165) is 11.3 Å². The standard InChI is InChI=1S/C13H16F3NO3/c1-2-3-4-17(5-6-18)13(20)8-7-9(14)11(16)12(19)10(8)15/h7,18-19H,2-6H2,1H3. The Bertz CT molecular complexity index is 494. The maximum Gasteiger partial charge on any atom is 0.257 e. The van der Waals surface area contributed by atoms with Gasteiger partial charge in [-0.2, -0.15) is 4.39 Å². The molecule has 0 heterocycles.